The van der Waals surface area contributed by atoms with Crippen LogP contribution in [0.3, 0.4) is 0 Å². The summed E-state index contributed by atoms with van der Waals surface area (Å²) in [7, 11) is 1.50. The molecule has 0 spiro atoms. The molecule has 0 bridgehead atoms. The maximum atomic E-state index is 11.7. The number of rotatable bonds is 4. The van der Waals surface area contributed by atoms with Crippen LogP contribution in [0, 0.1) is 0 Å². The zero-order valence-electron chi connectivity index (χ0n) is 9.91. The van der Waals surface area contributed by atoms with E-state index < -0.39 is 11.9 Å². The molecular weight excluding hydrogens is 252 g/mol. The zero-order chi connectivity index (χ0) is 13.8. The van der Waals surface area contributed by atoms with Gasteiger partial charge in [-0.15, -0.1) is 0 Å². The first-order valence-corrected chi connectivity index (χ1v) is 5.25. The van der Waals surface area contributed by atoms with Crippen molar-refractivity contribution < 1.29 is 24.2 Å². The summed E-state index contributed by atoms with van der Waals surface area (Å²) in [5.41, 5.74) is -0.294. The van der Waals surface area contributed by atoms with Crippen LogP contribution in [0.4, 0.5) is 0 Å². The van der Waals surface area contributed by atoms with Crippen LogP contribution in [0.15, 0.2) is 30.3 Å². The summed E-state index contributed by atoms with van der Waals surface area (Å²) >= 11 is 0. The highest BCUT2D eigenvalue weighted by Crippen LogP contribution is 2.19. The number of nitrogens with zero attached hydrogens (tertiary/aromatic N) is 1. The van der Waals surface area contributed by atoms with Crippen LogP contribution >= 0.6 is 0 Å². The van der Waals surface area contributed by atoms with Crippen LogP contribution in [0.5, 0.6) is 11.5 Å². The Hall–Kier alpha value is -2.83. The van der Waals surface area contributed by atoms with Gasteiger partial charge in [-0.2, -0.15) is 5.10 Å². The Bertz CT molecular complexity index is 620. The molecule has 1 heterocycles. The molecule has 0 saturated carbocycles. The predicted octanol–water partition coefficient (Wildman–Crippen LogP) is 1.34. The highest BCUT2D eigenvalue weighted by molar-refractivity contribution is 5.93. The molecular formula is C12H10N2O5. The number of carbonyl (C=O) groups excluding carboxylic acids is 1. The van der Waals surface area contributed by atoms with Crippen LogP contribution in [0.2, 0.25) is 0 Å². The number of H-pyrrole nitrogens is 1. The summed E-state index contributed by atoms with van der Waals surface area (Å²) in [6.45, 7) is 0. The SMILES string of the molecule is COc1cccc(OC(=O)c2cc(C(=O)O)n[nH]2)c1. The number of ether oxygens (including phenoxy) is 2. The number of nitrogens with one attached hydrogen (secondary N) is 1. The van der Waals surface area contributed by atoms with E-state index in [1.165, 1.54) is 13.2 Å². The molecule has 1 aromatic carbocycles. The number of aromatic nitrogens is 2. The van der Waals surface area contributed by atoms with E-state index in [-0.39, 0.29) is 17.1 Å². The molecule has 7 heteroatoms. The molecule has 0 aliphatic heterocycles. The van der Waals surface area contributed by atoms with Crippen LogP contribution in [-0.4, -0.2) is 34.4 Å². The van der Waals surface area contributed by atoms with Gasteiger partial charge in [0.05, 0.1) is 7.11 Å². The summed E-state index contributed by atoms with van der Waals surface area (Å²) in [4.78, 5) is 22.3. The third-order valence-corrected chi connectivity index (χ3v) is 2.27. The van der Waals surface area contributed by atoms with E-state index in [0.717, 1.165) is 6.07 Å². The van der Waals surface area contributed by atoms with Gasteiger partial charge >= 0.3 is 11.9 Å². The van der Waals surface area contributed by atoms with Gasteiger partial charge in [0.1, 0.15) is 17.2 Å². The normalized spacial score (nSPS) is 9.95. The van der Waals surface area contributed by atoms with Crippen molar-refractivity contribution >= 4 is 11.9 Å². The summed E-state index contributed by atoms with van der Waals surface area (Å²) in [5, 5.41) is 14.4. The lowest BCUT2D eigenvalue weighted by atomic mass is 10.3. The molecule has 0 amide bonds. The average molecular weight is 262 g/mol. The number of hydrogen-bond acceptors (Lipinski definition) is 5. The summed E-state index contributed by atoms with van der Waals surface area (Å²) in [5.74, 6) is -1.12. The number of esters is 1. The lowest BCUT2D eigenvalue weighted by Gasteiger charge is -2.04. The minimum absolute atomic E-state index is 0.0415. The fourth-order valence-electron chi connectivity index (χ4n) is 1.36. The molecule has 0 atom stereocenters. The summed E-state index contributed by atoms with van der Waals surface area (Å²) in [6, 6.07) is 7.58. The largest absolute Gasteiger partial charge is 0.497 e. The molecule has 2 N–H and O–H groups in total. The van der Waals surface area contributed by atoms with E-state index in [4.69, 9.17) is 14.6 Å². The minimum atomic E-state index is -1.23. The lowest BCUT2D eigenvalue weighted by molar-refractivity contribution is 0.0689. The Labute approximate surface area is 107 Å². The molecule has 0 aliphatic carbocycles. The lowest BCUT2D eigenvalue weighted by Crippen LogP contribution is -2.09. The van der Waals surface area contributed by atoms with Gasteiger partial charge < -0.3 is 14.6 Å². The molecule has 0 radical (unpaired) electrons. The van der Waals surface area contributed by atoms with Crippen LogP contribution in [0.1, 0.15) is 21.0 Å². The molecule has 1 aromatic heterocycles. The maximum Gasteiger partial charge on any atom is 0.361 e. The molecule has 0 aliphatic rings. The van der Waals surface area contributed by atoms with E-state index >= 15 is 0 Å². The van der Waals surface area contributed by atoms with Gasteiger partial charge in [-0.25, -0.2) is 9.59 Å². The first-order chi connectivity index (χ1) is 9.10. The van der Waals surface area contributed by atoms with Gasteiger partial charge in [-0.3, -0.25) is 5.10 Å². The van der Waals surface area contributed by atoms with Gasteiger partial charge in [0.2, 0.25) is 0 Å². The second-order valence-electron chi connectivity index (χ2n) is 3.54. The van der Waals surface area contributed by atoms with E-state index in [1.807, 2.05) is 0 Å². The Balaban J connectivity index is 2.13. The molecule has 98 valence electrons. The first kappa shape index (κ1) is 12.6. The van der Waals surface area contributed by atoms with Crippen molar-refractivity contribution in [3.63, 3.8) is 0 Å². The molecule has 0 saturated heterocycles. The van der Waals surface area contributed by atoms with Crippen molar-refractivity contribution in [1.82, 2.24) is 10.2 Å². The summed E-state index contributed by atoms with van der Waals surface area (Å²) < 4.78 is 10.0. The van der Waals surface area contributed by atoms with Crippen molar-refractivity contribution in [1.29, 1.82) is 0 Å². The second kappa shape index (κ2) is 5.21. The van der Waals surface area contributed by atoms with E-state index in [2.05, 4.69) is 10.2 Å². The molecule has 7 nitrogen and oxygen atoms in total. The Morgan fingerprint density at radius 2 is 2.00 bits per heavy atom. The van der Waals surface area contributed by atoms with E-state index in [0.29, 0.717) is 5.75 Å². The molecule has 2 aromatic rings. The molecule has 0 unspecified atom stereocenters. The van der Waals surface area contributed by atoms with Gasteiger partial charge in [0.15, 0.2) is 5.69 Å². The number of methoxy groups -OCH3 is 1. The van der Waals surface area contributed by atoms with Crippen LogP contribution in [-0.2, 0) is 0 Å². The van der Waals surface area contributed by atoms with Crippen LogP contribution < -0.4 is 9.47 Å². The highest BCUT2D eigenvalue weighted by atomic mass is 16.5. The number of aromatic carboxylic acids is 1. The number of aromatic amines is 1. The maximum absolute atomic E-state index is 11.7. The fraction of sp³-hybridized carbons (Fsp3) is 0.0833. The summed E-state index contributed by atoms with van der Waals surface area (Å²) in [6.07, 6.45) is 0. The Kier molecular flexibility index (Phi) is 3.46. The minimum Gasteiger partial charge on any atom is -0.497 e. The van der Waals surface area contributed by atoms with Gasteiger partial charge in [0, 0.05) is 12.1 Å². The van der Waals surface area contributed by atoms with Crippen LogP contribution in [0.25, 0.3) is 0 Å². The zero-order valence-corrected chi connectivity index (χ0v) is 9.91. The number of carbonyl (C=O) groups is 2. The quantitative estimate of drug-likeness (QED) is 0.636. The van der Waals surface area contributed by atoms with Crippen molar-refractivity contribution in [3.8, 4) is 11.5 Å². The smallest absolute Gasteiger partial charge is 0.361 e. The first-order valence-electron chi connectivity index (χ1n) is 5.25. The Morgan fingerprint density at radius 3 is 2.63 bits per heavy atom. The molecule has 2 rings (SSSR count). The number of benzene rings is 1. The van der Waals surface area contributed by atoms with Gasteiger partial charge in [-0.05, 0) is 12.1 Å². The van der Waals surface area contributed by atoms with E-state index in [1.54, 1.807) is 18.2 Å². The fourth-order valence-corrected chi connectivity index (χ4v) is 1.36. The van der Waals surface area contributed by atoms with Crippen molar-refractivity contribution in [2.24, 2.45) is 0 Å². The van der Waals surface area contributed by atoms with Gasteiger partial charge in [0.25, 0.3) is 0 Å². The van der Waals surface area contributed by atoms with Crippen molar-refractivity contribution in [2.45, 2.75) is 0 Å². The average Bonchev–Trinajstić information content (AvgIpc) is 2.89. The third kappa shape index (κ3) is 2.89. The van der Waals surface area contributed by atoms with Crippen molar-refractivity contribution in [3.05, 3.63) is 41.7 Å². The number of carboxylic acid groups (broad SMARTS) is 1. The van der Waals surface area contributed by atoms with E-state index in [9.17, 15) is 9.59 Å². The molecule has 19 heavy (non-hydrogen) atoms. The Morgan fingerprint density at radius 1 is 1.26 bits per heavy atom. The monoisotopic (exact) mass is 262 g/mol. The third-order valence-electron chi connectivity index (χ3n) is 2.27. The number of hydrogen-bond donors (Lipinski definition) is 2. The number of carboxylic acids is 1. The van der Waals surface area contributed by atoms with Crippen molar-refractivity contribution in [2.75, 3.05) is 7.11 Å². The standard InChI is InChI=1S/C12H10N2O5/c1-18-7-3-2-4-8(5-7)19-12(17)10-6-9(11(15)16)13-14-10/h2-6H,1H3,(H,13,14)(H,15,16). The topological polar surface area (TPSA) is 102 Å². The predicted molar refractivity (Wildman–Crippen MR) is 63.5 cm³/mol. The second-order valence-corrected chi connectivity index (χ2v) is 3.54. The highest BCUT2D eigenvalue weighted by Gasteiger charge is 2.15. The van der Waals surface area contributed by atoms with Gasteiger partial charge in [-0.1, -0.05) is 6.07 Å². The molecule has 0 fully saturated rings.